The Morgan fingerprint density at radius 2 is 2.31 bits per heavy atom. The zero-order valence-corrected chi connectivity index (χ0v) is 10.5. The van der Waals surface area contributed by atoms with E-state index in [-0.39, 0.29) is 5.84 Å². The van der Waals surface area contributed by atoms with E-state index in [2.05, 4.69) is 11.9 Å². The maximum absolute atomic E-state index is 7.43. The van der Waals surface area contributed by atoms with Gasteiger partial charge in [-0.1, -0.05) is 25.8 Å². The van der Waals surface area contributed by atoms with E-state index in [1.807, 2.05) is 23.9 Å². The summed E-state index contributed by atoms with van der Waals surface area (Å²) in [5.41, 5.74) is 7.17. The molecule has 4 heteroatoms. The third-order valence-corrected chi connectivity index (χ3v) is 3.39. The maximum atomic E-state index is 7.43. The highest BCUT2D eigenvalue weighted by Gasteiger charge is 2.05. The van der Waals surface area contributed by atoms with Gasteiger partial charge in [-0.15, -0.1) is 0 Å². The number of aromatic nitrogens is 1. The number of pyridine rings is 1. The van der Waals surface area contributed by atoms with Crippen LogP contribution in [0.3, 0.4) is 0 Å². The summed E-state index contributed by atoms with van der Waals surface area (Å²) < 4.78 is 0. The number of nitrogens with one attached hydrogen (secondary N) is 1. The first-order valence-electron chi connectivity index (χ1n) is 5.61. The topological polar surface area (TPSA) is 62.8 Å². The zero-order valence-electron chi connectivity index (χ0n) is 9.70. The van der Waals surface area contributed by atoms with E-state index in [4.69, 9.17) is 11.1 Å². The van der Waals surface area contributed by atoms with E-state index >= 15 is 0 Å². The number of amidine groups is 1. The van der Waals surface area contributed by atoms with Gasteiger partial charge in [0.2, 0.25) is 0 Å². The Hall–Kier alpha value is -1.03. The molecule has 3 N–H and O–H groups in total. The number of nitrogens with two attached hydrogens (primary N) is 1. The van der Waals surface area contributed by atoms with Gasteiger partial charge in [0.1, 0.15) is 11.5 Å². The molecule has 0 bridgehead atoms. The fraction of sp³-hybridized carbons (Fsp3) is 0.500. The molecule has 3 nitrogen and oxygen atoms in total. The second kappa shape index (κ2) is 7.28. The number of hydrogen-bond acceptors (Lipinski definition) is 3. The minimum Gasteiger partial charge on any atom is -0.382 e. The van der Waals surface area contributed by atoms with Crippen LogP contribution in [0.4, 0.5) is 0 Å². The van der Waals surface area contributed by atoms with Gasteiger partial charge in [0.05, 0.1) is 0 Å². The van der Waals surface area contributed by atoms with E-state index in [1.165, 1.54) is 25.0 Å². The minimum atomic E-state index is 0.0600. The molecular weight excluding hydrogens is 218 g/mol. The van der Waals surface area contributed by atoms with E-state index < -0.39 is 0 Å². The van der Waals surface area contributed by atoms with Gasteiger partial charge in [0.25, 0.3) is 0 Å². The van der Waals surface area contributed by atoms with Crippen LogP contribution in [0.1, 0.15) is 37.4 Å². The highest BCUT2D eigenvalue weighted by molar-refractivity contribution is 7.98. The van der Waals surface area contributed by atoms with Crippen molar-refractivity contribution in [3.05, 3.63) is 29.6 Å². The number of unbranched alkanes of at least 4 members (excludes halogenated alkanes) is 2. The summed E-state index contributed by atoms with van der Waals surface area (Å²) in [6, 6.07) is 3.89. The summed E-state index contributed by atoms with van der Waals surface area (Å²) in [5, 5.41) is 7.43. The molecule has 0 spiro atoms. The molecule has 0 aliphatic rings. The molecule has 1 rings (SSSR count). The van der Waals surface area contributed by atoms with Crippen molar-refractivity contribution in [1.29, 1.82) is 5.41 Å². The molecule has 0 aliphatic heterocycles. The molecule has 1 heterocycles. The summed E-state index contributed by atoms with van der Waals surface area (Å²) >= 11 is 1.89. The van der Waals surface area contributed by atoms with Gasteiger partial charge in [0.15, 0.2) is 0 Å². The number of nitrogens with zero attached hydrogens (tertiary/aromatic N) is 1. The Labute approximate surface area is 101 Å². The lowest BCUT2D eigenvalue weighted by molar-refractivity contribution is 0.778. The first-order valence-corrected chi connectivity index (χ1v) is 6.77. The van der Waals surface area contributed by atoms with Crippen LogP contribution in [-0.4, -0.2) is 16.6 Å². The average Bonchev–Trinajstić information content (AvgIpc) is 2.29. The maximum Gasteiger partial charge on any atom is 0.142 e. The van der Waals surface area contributed by atoms with Gasteiger partial charge in [-0.05, 0) is 23.8 Å². The molecule has 1 aromatic heterocycles. The molecule has 88 valence electrons. The van der Waals surface area contributed by atoms with Gasteiger partial charge in [-0.3, -0.25) is 10.4 Å². The summed E-state index contributed by atoms with van der Waals surface area (Å²) in [5.74, 6) is 2.12. The summed E-state index contributed by atoms with van der Waals surface area (Å²) in [4.78, 5) is 4.13. The lowest BCUT2D eigenvalue weighted by Crippen LogP contribution is -2.15. The lowest BCUT2D eigenvalue weighted by Gasteiger charge is -2.06. The molecule has 0 aromatic carbocycles. The van der Waals surface area contributed by atoms with Gasteiger partial charge in [0, 0.05) is 11.9 Å². The number of nitrogen functional groups attached to an aromatic ring is 1. The number of hydrogen-bond donors (Lipinski definition) is 2. The molecule has 0 unspecified atom stereocenters. The molecular formula is C12H19N3S. The Bertz CT molecular complexity index is 339. The van der Waals surface area contributed by atoms with Gasteiger partial charge >= 0.3 is 0 Å². The van der Waals surface area contributed by atoms with Crippen LogP contribution < -0.4 is 5.73 Å². The monoisotopic (exact) mass is 237 g/mol. The summed E-state index contributed by atoms with van der Waals surface area (Å²) in [7, 11) is 0. The zero-order chi connectivity index (χ0) is 11.8. The Balaban J connectivity index is 2.44. The summed E-state index contributed by atoms with van der Waals surface area (Å²) in [6.45, 7) is 2.21. The fourth-order valence-electron chi connectivity index (χ4n) is 1.43. The third-order valence-electron chi connectivity index (χ3n) is 2.30. The van der Waals surface area contributed by atoms with Crippen molar-refractivity contribution >= 4 is 17.6 Å². The van der Waals surface area contributed by atoms with E-state index in [1.54, 1.807) is 6.20 Å². The van der Waals surface area contributed by atoms with Crippen molar-refractivity contribution in [2.45, 2.75) is 31.9 Å². The molecule has 16 heavy (non-hydrogen) atoms. The molecule has 0 aliphatic carbocycles. The van der Waals surface area contributed by atoms with Crippen molar-refractivity contribution in [2.75, 3.05) is 5.75 Å². The SMILES string of the molecule is CCCCCSCc1cccnc1C(=N)N. The standard InChI is InChI=1S/C12H19N3S/c1-2-3-4-8-16-9-10-6-5-7-15-11(10)12(13)14/h5-7H,2-4,8-9H2,1H3,(H3,13,14). The van der Waals surface area contributed by atoms with Crippen LogP contribution in [0, 0.1) is 5.41 Å². The first-order chi connectivity index (χ1) is 7.75. The van der Waals surface area contributed by atoms with Crippen LogP contribution in [0.5, 0.6) is 0 Å². The van der Waals surface area contributed by atoms with Gasteiger partial charge < -0.3 is 5.73 Å². The average molecular weight is 237 g/mol. The highest BCUT2D eigenvalue weighted by Crippen LogP contribution is 2.16. The molecule has 0 radical (unpaired) electrons. The molecule has 0 atom stereocenters. The predicted octanol–water partition coefficient (Wildman–Crippen LogP) is 2.79. The van der Waals surface area contributed by atoms with Crippen molar-refractivity contribution in [3.63, 3.8) is 0 Å². The Morgan fingerprint density at radius 3 is 3.00 bits per heavy atom. The smallest absolute Gasteiger partial charge is 0.142 e. The van der Waals surface area contributed by atoms with Crippen molar-refractivity contribution < 1.29 is 0 Å². The van der Waals surface area contributed by atoms with Crippen LogP contribution >= 0.6 is 11.8 Å². The molecule has 0 fully saturated rings. The lowest BCUT2D eigenvalue weighted by atomic mass is 10.2. The Morgan fingerprint density at radius 1 is 1.50 bits per heavy atom. The van der Waals surface area contributed by atoms with Gasteiger partial charge in [-0.25, -0.2) is 0 Å². The second-order valence-corrected chi connectivity index (χ2v) is 4.79. The largest absolute Gasteiger partial charge is 0.382 e. The number of rotatable bonds is 7. The highest BCUT2D eigenvalue weighted by atomic mass is 32.2. The first kappa shape index (κ1) is 13.0. The molecule has 0 amide bonds. The Kier molecular flexibility index (Phi) is 5.93. The fourth-order valence-corrected chi connectivity index (χ4v) is 2.44. The van der Waals surface area contributed by atoms with Crippen LogP contribution in [0.25, 0.3) is 0 Å². The minimum absolute atomic E-state index is 0.0600. The van der Waals surface area contributed by atoms with Crippen molar-refractivity contribution in [2.24, 2.45) is 5.73 Å². The van der Waals surface area contributed by atoms with Crippen LogP contribution in [0.2, 0.25) is 0 Å². The quantitative estimate of drug-likeness (QED) is 0.435. The normalized spacial score (nSPS) is 10.3. The second-order valence-electron chi connectivity index (χ2n) is 3.68. The predicted molar refractivity (Wildman–Crippen MR) is 70.9 cm³/mol. The molecule has 1 aromatic rings. The van der Waals surface area contributed by atoms with E-state index in [9.17, 15) is 0 Å². The molecule has 0 saturated carbocycles. The molecule has 0 saturated heterocycles. The van der Waals surface area contributed by atoms with Crippen LogP contribution in [-0.2, 0) is 5.75 Å². The third kappa shape index (κ3) is 4.23. The van der Waals surface area contributed by atoms with Crippen molar-refractivity contribution in [3.8, 4) is 0 Å². The number of thioether (sulfide) groups is 1. The van der Waals surface area contributed by atoms with E-state index in [0.29, 0.717) is 5.69 Å². The van der Waals surface area contributed by atoms with Gasteiger partial charge in [-0.2, -0.15) is 11.8 Å². The van der Waals surface area contributed by atoms with E-state index in [0.717, 1.165) is 11.3 Å². The van der Waals surface area contributed by atoms with Crippen LogP contribution in [0.15, 0.2) is 18.3 Å². The van der Waals surface area contributed by atoms with Crippen molar-refractivity contribution in [1.82, 2.24) is 4.98 Å². The summed E-state index contributed by atoms with van der Waals surface area (Å²) in [6.07, 6.45) is 5.49.